The number of rotatable bonds is 4. The average molecular weight is 300 g/mol. The van der Waals surface area contributed by atoms with E-state index in [-0.39, 0.29) is 0 Å². The number of aromatic nitrogens is 3. The van der Waals surface area contributed by atoms with Crippen LogP contribution in [0.2, 0.25) is 0 Å². The van der Waals surface area contributed by atoms with Gasteiger partial charge in [0.25, 0.3) is 0 Å². The molecule has 0 spiro atoms. The molecule has 0 aliphatic rings. The van der Waals surface area contributed by atoms with E-state index < -0.39 is 0 Å². The maximum Gasteiger partial charge on any atom is 0.157 e. The van der Waals surface area contributed by atoms with Gasteiger partial charge in [0.15, 0.2) is 5.65 Å². The summed E-state index contributed by atoms with van der Waals surface area (Å²) >= 11 is 1.85. The summed E-state index contributed by atoms with van der Waals surface area (Å²) in [6.45, 7) is 7.18. The van der Waals surface area contributed by atoms with E-state index in [1.165, 1.54) is 15.3 Å². The van der Waals surface area contributed by atoms with E-state index in [1.807, 2.05) is 36.2 Å². The molecule has 1 atom stereocenters. The highest BCUT2D eigenvalue weighted by Crippen LogP contribution is 2.23. The van der Waals surface area contributed by atoms with E-state index in [9.17, 15) is 0 Å². The van der Waals surface area contributed by atoms with Crippen LogP contribution in [-0.4, -0.2) is 14.8 Å². The first-order valence-corrected chi connectivity index (χ1v) is 7.94. The topological polar surface area (TPSA) is 42.7 Å². The van der Waals surface area contributed by atoms with Crippen molar-refractivity contribution in [3.63, 3.8) is 0 Å². The number of thiophene rings is 1. The van der Waals surface area contributed by atoms with E-state index >= 15 is 0 Å². The van der Waals surface area contributed by atoms with Crippen molar-refractivity contribution in [2.45, 2.75) is 33.4 Å². The molecule has 0 aliphatic heterocycles. The predicted molar refractivity (Wildman–Crippen MR) is 87.6 cm³/mol. The third-order valence-corrected chi connectivity index (χ3v) is 4.90. The van der Waals surface area contributed by atoms with Gasteiger partial charge in [0.1, 0.15) is 0 Å². The van der Waals surface area contributed by atoms with Crippen LogP contribution in [0.1, 0.15) is 34.0 Å². The average Bonchev–Trinajstić information content (AvgIpc) is 3.01. The Morgan fingerprint density at radius 1 is 1.33 bits per heavy atom. The molecule has 21 heavy (non-hydrogen) atoms. The molecular weight excluding hydrogens is 280 g/mol. The van der Waals surface area contributed by atoms with Gasteiger partial charge in [-0.25, -0.2) is 4.98 Å². The Labute approximate surface area is 128 Å². The maximum atomic E-state index is 4.52. The molecule has 0 saturated heterocycles. The van der Waals surface area contributed by atoms with Crippen LogP contribution in [-0.2, 0) is 13.6 Å². The van der Waals surface area contributed by atoms with E-state index in [1.54, 1.807) is 0 Å². The summed E-state index contributed by atoms with van der Waals surface area (Å²) in [7, 11) is 1.93. The van der Waals surface area contributed by atoms with Gasteiger partial charge >= 0.3 is 0 Å². The second-order valence-electron chi connectivity index (χ2n) is 5.47. The molecular formula is C16H20N4S. The number of fused-ring (bicyclic) bond motifs is 1. The zero-order valence-corrected chi connectivity index (χ0v) is 13.7. The van der Waals surface area contributed by atoms with Gasteiger partial charge in [-0.15, -0.1) is 11.3 Å². The monoisotopic (exact) mass is 300 g/mol. The normalized spacial score (nSPS) is 13.0. The van der Waals surface area contributed by atoms with Crippen LogP contribution >= 0.6 is 11.3 Å². The number of pyridine rings is 1. The number of hydrogen-bond donors (Lipinski definition) is 1. The third kappa shape index (κ3) is 2.84. The van der Waals surface area contributed by atoms with E-state index in [0.29, 0.717) is 6.04 Å². The minimum absolute atomic E-state index is 0.356. The van der Waals surface area contributed by atoms with Gasteiger partial charge in [0.2, 0.25) is 0 Å². The predicted octanol–water partition coefficient (Wildman–Crippen LogP) is 3.50. The second-order valence-corrected chi connectivity index (χ2v) is 6.79. The Balaban J connectivity index is 1.74. The Morgan fingerprint density at radius 3 is 2.86 bits per heavy atom. The molecule has 5 heteroatoms. The van der Waals surface area contributed by atoms with Crippen molar-refractivity contribution in [3.8, 4) is 0 Å². The van der Waals surface area contributed by atoms with Crippen molar-refractivity contribution in [3.05, 3.63) is 45.4 Å². The SMILES string of the molecule is Cc1ccc(C(C)NCc2cnc3c(c2)c(C)nn3C)s1. The summed E-state index contributed by atoms with van der Waals surface area (Å²) in [5.41, 5.74) is 3.17. The molecule has 0 radical (unpaired) electrons. The van der Waals surface area contributed by atoms with Crippen LogP contribution in [0, 0.1) is 13.8 Å². The molecule has 1 unspecified atom stereocenters. The Hall–Kier alpha value is -1.72. The smallest absolute Gasteiger partial charge is 0.157 e. The fourth-order valence-electron chi connectivity index (χ4n) is 2.51. The summed E-state index contributed by atoms with van der Waals surface area (Å²) in [4.78, 5) is 7.25. The van der Waals surface area contributed by atoms with Crippen LogP contribution in [0.25, 0.3) is 11.0 Å². The van der Waals surface area contributed by atoms with Gasteiger partial charge in [-0.05, 0) is 44.5 Å². The fourth-order valence-corrected chi connectivity index (χ4v) is 3.41. The quantitative estimate of drug-likeness (QED) is 0.802. The third-order valence-electron chi connectivity index (χ3n) is 3.72. The first-order valence-electron chi connectivity index (χ1n) is 7.12. The molecule has 3 rings (SSSR count). The second kappa shape index (κ2) is 5.58. The van der Waals surface area contributed by atoms with Gasteiger partial charge < -0.3 is 5.32 Å². The lowest BCUT2D eigenvalue weighted by Crippen LogP contribution is -2.17. The Kier molecular flexibility index (Phi) is 3.78. The number of nitrogens with zero attached hydrogens (tertiary/aromatic N) is 3. The molecule has 0 aliphatic carbocycles. The molecule has 0 saturated carbocycles. The van der Waals surface area contributed by atoms with E-state index in [4.69, 9.17) is 0 Å². The van der Waals surface area contributed by atoms with Crippen molar-refractivity contribution in [1.29, 1.82) is 0 Å². The summed E-state index contributed by atoms with van der Waals surface area (Å²) in [6.07, 6.45) is 1.93. The van der Waals surface area contributed by atoms with E-state index in [0.717, 1.165) is 23.3 Å². The highest BCUT2D eigenvalue weighted by molar-refractivity contribution is 7.12. The first-order chi connectivity index (χ1) is 10.0. The highest BCUT2D eigenvalue weighted by Gasteiger charge is 2.09. The van der Waals surface area contributed by atoms with Crippen LogP contribution in [0.15, 0.2) is 24.4 Å². The van der Waals surface area contributed by atoms with Crippen molar-refractivity contribution >= 4 is 22.4 Å². The van der Waals surface area contributed by atoms with Crippen LogP contribution in [0.3, 0.4) is 0 Å². The Morgan fingerprint density at radius 2 is 2.14 bits per heavy atom. The van der Waals surface area contributed by atoms with Crippen LogP contribution in [0.4, 0.5) is 0 Å². The molecule has 0 bridgehead atoms. The van der Waals surface area contributed by atoms with Gasteiger partial charge in [0, 0.05) is 41.0 Å². The van der Waals surface area contributed by atoms with Crippen molar-refractivity contribution in [1.82, 2.24) is 20.1 Å². The molecule has 0 fully saturated rings. The molecule has 0 amide bonds. The van der Waals surface area contributed by atoms with Gasteiger partial charge in [-0.2, -0.15) is 5.10 Å². The zero-order chi connectivity index (χ0) is 15.0. The number of aryl methyl sites for hydroxylation is 3. The van der Waals surface area contributed by atoms with Crippen LogP contribution < -0.4 is 5.32 Å². The molecule has 3 heterocycles. The van der Waals surface area contributed by atoms with Crippen molar-refractivity contribution in [2.75, 3.05) is 0 Å². The van der Waals surface area contributed by atoms with Crippen LogP contribution in [0.5, 0.6) is 0 Å². The molecule has 3 aromatic rings. The fraction of sp³-hybridized carbons (Fsp3) is 0.375. The first kappa shape index (κ1) is 14.2. The largest absolute Gasteiger partial charge is 0.305 e. The molecule has 4 nitrogen and oxygen atoms in total. The van der Waals surface area contributed by atoms with E-state index in [2.05, 4.69) is 47.4 Å². The molecule has 110 valence electrons. The van der Waals surface area contributed by atoms with Crippen molar-refractivity contribution < 1.29 is 0 Å². The van der Waals surface area contributed by atoms with Gasteiger partial charge in [0.05, 0.1) is 5.69 Å². The minimum atomic E-state index is 0.356. The molecule has 0 aromatic carbocycles. The summed E-state index contributed by atoms with van der Waals surface area (Å²) in [5, 5.41) is 9.11. The standard InChI is InChI=1S/C16H20N4S/c1-10-5-6-15(21-10)12(3)17-8-13-7-14-11(2)19-20(4)16(14)18-9-13/h5-7,9,12,17H,8H2,1-4H3. The van der Waals surface area contributed by atoms with Crippen molar-refractivity contribution in [2.24, 2.45) is 7.05 Å². The lowest BCUT2D eigenvalue weighted by atomic mass is 10.2. The lowest BCUT2D eigenvalue weighted by Gasteiger charge is -2.12. The Bertz CT molecular complexity index is 772. The van der Waals surface area contributed by atoms with Gasteiger partial charge in [-0.3, -0.25) is 4.68 Å². The van der Waals surface area contributed by atoms with Gasteiger partial charge in [-0.1, -0.05) is 0 Å². The number of nitrogens with one attached hydrogen (secondary N) is 1. The highest BCUT2D eigenvalue weighted by atomic mass is 32.1. The maximum absolute atomic E-state index is 4.52. The summed E-state index contributed by atoms with van der Waals surface area (Å²) < 4.78 is 1.83. The number of hydrogen-bond acceptors (Lipinski definition) is 4. The molecule has 3 aromatic heterocycles. The zero-order valence-electron chi connectivity index (χ0n) is 12.8. The summed E-state index contributed by atoms with van der Waals surface area (Å²) in [6, 6.07) is 6.91. The minimum Gasteiger partial charge on any atom is -0.305 e. The lowest BCUT2D eigenvalue weighted by molar-refractivity contribution is 0.582. The molecule has 1 N–H and O–H groups in total. The summed E-state index contributed by atoms with van der Waals surface area (Å²) in [5.74, 6) is 0.